The maximum absolute atomic E-state index is 6.32. The Bertz CT molecular complexity index is 617. The standard InChI is InChI=1S/C15H21BrClN3/c1-10(17)14-18-12-7-6-11(16)8-13(12)20(14)9-15(2,3)19(4)5/h6-8,10H,9H2,1-5H3. The summed E-state index contributed by atoms with van der Waals surface area (Å²) in [4.78, 5) is 6.91. The molecule has 0 bridgehead atoms. The van der Waals surface area contributed by atoms with Gasteiger partial charge in [-0.05, 0) is 53.1 Å². The highest BCUT2D eigenvalue weighted by Crippen LogP contribution is 2.29. The average Bonchev–Trinajstić information content (AvgIpc) is 2.67. The number of fused-ring (bicyclic) bond motifs is 1. The Hall–Kier alpha value is -0.580. The number of likely N-dealkylation sites (N-methyl/N-ethyl adjacent to an activating group) is 1. The van der Waals surface area contributed by atoms with Gasteiger partial charge in [-0.2, -0.15) is 0 Å². The van der Waals surface area contributed by atoms with Crippen LogP contribution >= 0.6 is 27.5 Å². The van der Waals surface area contributed by atoms with Crippen molar-refractivity contribution in [3.63, 3.8) is 0 Å². The van der Waals surface area contributed by atoms with Crippen molar-refractivity contribution in [1.29, 1.82) is 0 Å². The van der Waals surface area contributed by atoms with Gasteiger partial charge in [-0.25, -0.2) is 4.98 Å². The van der Waals surface area contributed by atoms with Crippen molar-refractivity contribution >= 4 is 38.6 Å². The fraction of sp³-hybridized carbons (Fsp3) is 0.533. The summed E-state index contributed by atoms with van der Waals surface area (Å²) in [5.74, 6) is 0.926. The van der Waals surface area contributed by atoms with Crippen LogP contribution in [0.4, 0.5) is 0 Å². The number of halogens is 2. The van der Waals surface area contributed by atoms with Gasteiger partial charge in [0.2, 0.25) is 0 Å². The second-order valence-electron chi connectivity index (χ2n) is 6.01. The Balaban J connectivity index is 2.59. The van der Waals surface area contributed by atoms with E-state index < -0.39 is 0 Å². The summed E-state index contributed by atoms with van der Waals surface area (Å²) in [5.41, 5.74) is 2.14. The van der Waals surface area contributed by atoms with Gasteiger partial charge in [-0.3, -0.25) is 0 Å². The lowest BCUT2D eigenvalue weighted by Gasteiger charge is -2.33. The Morgan fingerprint density at radius 2 is 2.05 bits per heavy atom. The first-order valence-corrected chi connectivity index (χ1v) is 7.92. The Kier molecular flexibility index (Phi) is 4.47. The quantitative estimate of drug-likeness (QED) is 0.753. The molecule has 0 aliphatic carbocycles. The van der Waals surface area contributed by atoms with E-state index in [0.717, 1.165) is 27.9 Å². The van der Waals surface area contributed by atoms with Crippen molar-refractivity contribution in [2.45, 2.75) is 38.2 Å². The predicted molar refractivity (Wildman–Crippen MR) is 89.5 cm³/mol. The number of aromatic nitrogens is 2. The molecular weight excluding hydrogens is 338 g/mol. The maximum Gasteiger partial charge on any atom is 0.127 e. The SMILES string of the molecule is CC(Cl)c1nc2ccc(Br)cc2n1CC(C)(C)N(C)C. The van der Waals surface area contributed by atoms with Crippen LogP contribution < -0.4 is 0 Å². The van der Waals surface area contributed by atoms with E-state index in [-0.39, 0.29) is 10.9 Å². The monoisotopic (exact) mass is 357 g/mol. The minimum Gasteiger partial charge on any atom is -0.325 e. The van der Waals surface area contributed by atoms with Gasteiger partial charge in [0.1, 0.15) is 5.82 Å². The molecule has 0 N–H and O–H groups in total. The number of benzene rings is 1. The molecule has 1 heterocycles. The van der Waals surface area contributed by atoms with Gasteiger partial charge >= 0.3 is 0 Å². The molecule has 2 rings (SSSR count). The number of alkyl halides is 1. The van der Waals surface area contributed by atoms with Gasteiger partial charge in [-0.1, -0.05) is 15.9 Å². The zero-order valence-electron chi connectivity index (χ0n) is 12.6. The largest absolute Gasteiger partial charge is 0.325 e. The third kappa shape index (κ3) is 3.02. The molecule has 2 aromatic rings. The summed E-state index contributed by atoms with van der Waals surface area (Å²) in [6, 6.07) is 6.15. The normalized spacial score (nSPS) is 14.2. The molecular formula is C15H21BrClN3. The molecule has 3 nitrogen and oxygen atoms in total. The maximum atomic E-state index is 6.32. The van der Waals surface area contributed by atoms with Gasteiger partial charge in [0.25, 0.3) is 0 Å². The molecule has 110 valence electrons. The summed E-state index contributed by atoms with van der Waals surface area (Å²) in [7, 11) is 4.19. The van der Waals surface area contributed by atoms with Crippen LogP contribution in [0.3, 0.4) is 0 Å². The van der Waals surface area contributed by atoms with E-state index in [2.05, 4.69) is 64.4 Å². The molecule has 0 saturated heterocycles. The number of hydrogen-bond acceptors (Lipinski definition) is 2. The van der Waals surface area contributed by atoms with E-state index in [1.165, 1.54) is 0 Å². The van der Waals surface area contributed by atoms with Crippen molar-refractivity contribution < 1.29 is 0 Å². The molecule has 0 aliphatic heterocycles. The highest BCUT2D eigenvalue weighted by Gasteiger charge is 2.25. The van der Waals surface area contributed by atoms with E-state index in [0.29, 0.717) is 0 Å². The highest BCUT2D eigenvalue weighted by atomic mass is 79.9. The van der Waals surface area contributed by atoms with E-state index >= 15 is 0 Å². The van der Waals surface area contributed by atoms with Crippen molar-refractivity contribution in [2.75, 3.05) is 14.1 Å². The van der Waals surface area contributed by atoms with Crippen LogP contribution in [0.5, 0.6) is 0 Å². The lowest BCUT2D eigenvalue weighted by Crippen LogP contribution is -2.42. The minimum absolute atomic E-state index is 0.0243. The first kappa shape index (κ1) is 15.8. The van der Waals surface area contributed by atoms with Gasteiger partial charge < -0.3 is 9.47 Å². The van der Waals surface area contributed by atoms with Crippen molar-refractivity contribution in [1.82, 2.24) is 14.5 Å². The topological polar surface area (TPSA) is 21.1 Å². The number of hydrogen-bond donors (Lipinski definition) is 0. The first-order valence-electron chi connectivity index (χ1n) is 6.69. The molecule has 0 fully saturated rings. The van der Waals surface area contributed by atoms with Crippen LogP contribution in [0.2, 0.25) is 0 Å². The summed E-state index contributed by atoms with van der Waals surface area (Å²) >= 11 is 9.86. The Labute approximate surface area is 134 Å². The second kappa shape index (κ2) is 5.66. The third-order valence-corrected chi connectivity index (χ3v) is 4.54. The third-order valence-electron chi connectivity index (χ3n) is 3.85. The van der Waals surface area contributed by atoms with Crippen molar-refractivity contribution in [3.8, 4) is 0 Å². The van der Waals surface area contributed by atoms with Crippen LogP contribution in [0.1, 0.15) is 32.0 Å². The fourth-order valence-electron chi connectivity index (χ4n) is 2.11. The minimum atomic E-state index is -0.112. The molecule has 0 saturated carbocycles. The summed E-state index contributed by atoms with van der Waals surface area (Å²) in [5, 5.41) is -0.112. The van der Waals surface area contributed by atoms with Crippen LogP contribution in [0.15, 0.2) is 22.7 Å². The molecule has 5 heteroatoms. The zero-order valence-corrected chi connectivity index (χ0v) is 15.0. The van der Waals surface area contributed by atoms with Gasteiger partial charge in [-0.15, -0.1) is 11.6 Å². The van der Waals surface area contributed by atoms with Crippen LogP contribution in [0, 0.1) is 0 Å². The number of imidazole rings is 1. The lowest BCUT2D eigenvalue weighted by atomic mass is 10.0. The molecule has 0 amide bonds. The zero-order chi connectivity index (χ0) is 15.1. The molecule has 1 unspecified atom stereocenters. The average molecular weight is 359 g/mol. The molecule has 1 aromatic carbocycles. The van der Waals surface area contributed by atoms with E-state index in [9.17, 15) is 0 Å². The van der Waals surface area contributed by atoms with Gasteiger partial charge in [0.15, 0.2) is 0 Å². The summed E-state index contributed by atoms with van der Waals surface area (Å²) in [6.45, 7) is 7.26. The molecule has 0 spiro atoms. The van der Waals surface area contributed by atoms with E-state index in [1.54, 1.807) is 0 Å². The predicted octanol–water partition coefficient (Wildman–Crippen LogP) is 4.44. The van der Waals surface area contributed by atoms with Crippen molar-refractivity contribution in [2.24, 2.45) is 0 Å². The lowest BCUT2D eigenvalue weighted by molar-refractivity contribution is 0.170. The first-order chi connectivity index (χ1) is 9.22. The number of nitrogens with zero attached hydrogens (tertiary/aromatic N) is 3. The molecule has 1 aromatic heterocycles. The Morgan fingerprint density at radius 1 is 1.40 bits per heavy atom. The van der Waals surface area contributed by atoms with Gasteiger partial charge in [0.05, 0.1) is 16.4 Å². The number of rotatable bonds is 4. The van der Waals surface area contributed by atoms with Crippen molar-refractivity contribution in [3.05, 3.63) is 28.5 Å². The summed E-state index contributed by atoms with van der Waals surface area (Å²) in [6.07, 6.45) is 0. The second-order valence-corrected chi connectivity index (χ2v) is 7.58. The highest BCUT2D eigenvalue weighted by molar-refractivity contribution is 9.10. The van der Waals surface area contributed by atoms with Crippen LogP contribution in [-0.4, -0.2) is 34.1 Å². The molecule has 20 heavy (non-hydrogen) atoms. The summed E-state index contributed by atoms with van der Waals surface area (Å²) < 4.78 is 3.29. The van der Waals surface area contributed by atoms with Crippen LogP contribution in [0.25, 0.3) is 11.0 Å². The van der Waals surface area contributed by atoms with Crippen LogP contribution in [-0.2, 0) is 6.54 Å². The smallest absolute Gasteiger partial charge is 0.127 e. The molecule has 0 aliphatic rings. The Morgan fingerprint density at radius 3 is 2.60 bits per heavy atom. The molecule has 1 atom stereocenters. The van der Waals surface area contributed by atoms with E-state index in [4.69, 9.17) is 11.6 Å². The fourth-order valence-corrected chi connectivity index (χ4v) is 2.63. The van der Waals surface area contributed by atoms with Gasteiger partial charge in [0, 0.05) is 16.6 Å². The van der Waals surface area contributed by atoms with E-state index in [1.807, 2.05) is 19.1 Å². The molecule has 0 radical (unpaired) electrons.